The molecule has 1 aromatic carbocycles. The van der Waals surface area contributed by atoms with Crippen LogP contribution in [0.2, 0.25) is 0 Å². The van der Waals surface area contributed by atoms with Gasteiger partial charge in [0, 0.05) is 43.9 Å². The van der Waals surface area contributed by atoms with Crippen LogP contribution in [0.5, 0.6) is 11.5 Å². The molecule has 0 bridgehead atoms. The molecule has 10 nitrogen and oxygen atoms in total. The van der Waals surface area contributed by atoms with E-state index >= 15 is 0 Å². The SMILES string of the molecule is CCOc1cc(OCC)c([N+](=O)[O-])cc1/C=N/NC(=S)NCCN1CCOCC1. The zero-order valence-electron chi connectivity index (χ0n) is 16.7. The number of nitrogens with one attached hydrogen (secondary N) is 2. The van der Waals surface area contributed by atoms with Crippen LogP contribution in [0.1, 0.15) is 19.4 Å². The van der Waals surface area contributed by atoms with Gasteiger partial charge < -0.3 is 19.5 Å². The molecule has 1 aromatic rings. The Morgan fingerprint density at radius 2 is 2.00 bits per heavy atom. The summed E-state index contributed by atoms with van der Waals surface area (Å²) in [5.41, 5.74) is 3.02. The Morgan fingerprint density at radius 3 is 2.66 bits per heavy atom. The quantitative estimate of drug-likeness (QED) is 0.249. The number of thiocarbonyl (C=S) groups is 1. The maximum atomic E-state index is 11.3. The van der Waals surface area contributed by atoms with Crippen LogP contribution in [-0.4, -0.2) is 73.8 Å². The number of rotatable bonds is 10. The average Bonchev–Trinajstić information content (AvgIpc) is 2.70. The Balaban J connectivity index is 1.95. The summed E-state index contributed by atoms with van der Waals surface area (Å²) in [5, 5.41) is 18.8. The highest BCUT2D eigenvalue weighted by molar-refractivity contribution is 7.80. The van der Waals surface area contributed by atoms with Crippen molar-refractivity contribution < 1.29 is 19.1 Å². The maximum absolute atomic E-state index is 11.3. The Morgan fingerprint density at radius 1 is 1.31 bits per heavy atom. The van der Waals surface area contributed by atoms with Crippen molar-refractivity contribution in [2.75, 3.05) is 52.6 Å². The first-order valence-corrected chi connectivity index (χ1v) is 9.91. The normalized spacial score (nSPS) is 14.6. The molecule has 0 atom stereocenters. The summed E-state index contributed by atoms with van der Waals surface area (Å²) in [6.45, 7) is 9.17. The van der Waals surface area contributed by atoms with E-state index in [0.29, 0.717) is 36.2 Å². The van der Waals surface area contributed by atoms with Gasteiger partial charge in [0.15, 0.2) is 5.11 Å². The Labute approximate surface area is 175 Å². The van der Waals surface area contributed by atoms with E-state index in [-0.39, 0.29) is 11.4 Å². The largest absolute Gasteiger partial charge is 0.493 e. The van der Waals surface area contributed by atoms with Crippen LogP contribution in [0.4, 0.5) is 5.69 Å². The number of nitro groups is 1. The summed E-state index contributed by atoms with van der Waals surface area (Å²) in [6.07, 6.45) is 1.43. The minimum absolute atomic E-state index is 0.150. The predicted octanol–water partition coefficient (Wildman–Crippen LogP) is 1.52. The van der Waals surface area contributed by atoms with Crippen LogP contribution >= 0.6 is 12.2 Å². The molecule has 1 aliphatic heterocycles. The molecule has 0 amide bonds. The molecule has 0 radical (unpaired) electrons. The van der Waals surface area contributed by atoms with Gasteiger partial charge in [0.2, 0.25) is 5.75 Å². The summed E-state index contributed by atoms with van der Waals surface area (Å²) in [5.74, 6) is 0.602. The Kier molecular flexibility index (Phi) is 9.54. The molecule has 1 aliphatic rings. The fourth-order valence-corrected chi connectivity index (χ4v) is 2.87. The molecular formula is C18H27N5O5S. The van der Waals surface area contributed by atoms with Gasteiger partial charge >= 0.3 is 5.69 Å². The van der Waals surface area contributed by atoms with Crippen molar-refractivity contribution in [2.24, 2.45) is 5.10 Å². The summed E-state index contributed by atoms with van der Waals surface area (Å²) < 4.78 is 16.2. The lowest BCUT2D eigenvalue weighted by molar-refractivity contribution is -0.385. The predicted molar refractivity (Wildman–Crippen MR) is 114 cm³/mol. The van der Waals surface area contributed by atoms with Crippen molar-refractivity contribution >= 4 is 29.2 Å². The second kappa shape index (κ2) is 12.1. The zero-order chi connectivity index (χ0) is 21.1. The van der Waals surface area contributed by atoms with E-state index in [1.807, 2.05) is 6.92 Å². The van der Waals surface area contributed by atoms with Gasteiger partial charge in [0.05, 0.1) is 37.6 Å². The minimum atomic E-state index is -0.497. The van der Waals surface area contributed by atoms with Gasteiger partial charge in [0.25, 0.3) is 0 Å². The first-order chi connectivity index (χ1) is 14.0. The third kappa shape index (κ3) is 7.44. The summed E-state index contributed by atoms with van der Waals surface area (Å²) in [6, 6.07) is 2.88. The van der Waals surface area contributed by atoms with Gasteiger partial charge in [-0.25, -0.2) is 0 Å². The molecule has 0 spiro atoms. The fraction of sp³-hybridized carbons (Fsp3) is 0.556. The average molecular weight is 426 g/mol. The monoisotopic (exact) mass is 425 g/mol. The van der Waals surface area contributed by atoms with Gasteiger partial charge in [-0.1, -0.05) is 0 Å². The van der Waals surface area contributed by atoms with E-state index in [1.165, 1.54) is 18.3 Å². The lowest BCUT2D eigenvalue weighted by Gasteiger charge is -2.26. The summed E-state index contributed by atoms with van der Waals surface area (Å²) in [4.78, 5) is 13.1. The highest BCUT2D eigenvalue weighted by Crippen LogP contribution is 2.34. The first-order valence-electron chi connectivity index (χ1n) is 9.50. The molecule has 1 heterocycles. The van der Waals surface area contributed by atoms with E-state index in [1.54, 1.807) is 6.92 Å². The molecule has 0 aliphatic carbocycles. The number of nitrogens with zero attached hydrogens (tertiary/aromatic N) is 3. The molecule has 2 rings (SSSR count). The topological polar surface area (TPSA) is 110 Å². The molecule has 0 aromatic heterocycles. The highest BCUT2D eigenvalue weighted by atomic mass is 32.1. The molecular weight excluding hydrogens is 398 g/mol. The van der Waals surface area contributed by atoms with E-state index in [4.69, 9.17) is 26.4 Å². The molecule has 1 saturated heterocycles. The van der Waals surface area contributed by atoms with Crippen molar-refractivity contribution in [3.05, 3.63) is 27.8 Å². The van der Waals surface area contributed by atoms with E-state index < -0.39 is 4.92 Å². The molecule has 11 heteroatoms. The summed E-state index contributed by atoms with van der Waals surface area (Å²) in [7, 11) is 0. The number of nitro benzene ring substituents is 1. The van der Waals surface area contributed by atoms with E-state index in [2.05, 4.69) is 20.7 Å². The lowest BCUT2D eigenvalue weighted by Crippen LogP contribution is -2.42. The van der Waals surface area contributed by atoms with Crippen molar-refractivity contribution in [1.29, 1.82) is 0 Å². The van der Waals surface area contributed by atoms with E-state index in [9.17, 15) is 10.1 Å². The molecule has 0 unspecified atom stereocenters. The highest BCUT2D eigenvalue weighted by Gasteiger charge is 2.19. The number of ether oxygens (including phenoxy) is 3. The van der Waals surface area contributed by atoms with Crippen LogP contribution in [0.3, 0.4) is 0 Å². The van der Waals surface area contributed by atoms with Gasteiger partial charge in [0.1, 0.15) is 5.75 Å². The Bertz CT molecular complexity index is 725. The number of morpholine rings is 1. The van der Waals surface area contributed by atoms with Gasteiger partial charge in [-0.3, -0.25) is 20.4 Å². The molecule has 0 saturated carbocycles. The van der Waals surface area contributed by atoms with E-state index in [0.717, 1.165) is 32.8 Å². The van der Waals surface area contributed by atoms with Crippen LogP contribution < -0.4 is 20.2 Å². The summed E-state index contributed by atoms with van der Waals surface area (Å²) >= 11 is 5.20. The number of hydrazone groups is 1. The zero-order valence-corrected chi connectivity index (χ0v) is 17.5. The standard InChI is InChI=1S/C18H27N5O5S/c1-3-27-16-12-17(28-4-2)15(23(24)25)11-14(16)13-20-21-18(29)19-5-6-22-7-9-26-10-8-22/h11-13H,3-10H2,1-2H3,(H2,19,21,29)/b20-13+. The number of hydrogen-bond acceptors (Lipinski definition) is 8. The Hall–Kier alpha value is -2.50. The molecule has 29 heavy (non-hydrogen) atoms. The third-order valence-corrected chi connectivity index (χ3v) is 4.31. The number of hydrogen-bond donors (Lipinski definition) is 2. The minimum Gasteiger partial charge on any atom is -0.493 e. The lowest BCUT2D eigenvalue weighted by atomic mass is 10.1. The van der Waals surface area contributed by atoms with Crippen molar-refractivity contribution in [3.8, 4) is 11.5 Å². The fourth-order valence-electron chi connectivity index (χ4n) is 2.71. The first kappa shape index (κ1) is 22.8. The van der Waals surface area contributed by atoms with Crippen molar-refractivity contribution in [2.45, 2.75) is 13.8 Å². The smallest absolute Gasteiger partial charge is 0.311 e. The molecule has 2 N–H and O–H groups in total. The van der Waals surface area contributed by atoms with Gasteiger partial charge in [-0.2, -0.15) is 5.10 Å². The van der Waals surface area contributed by atoms with Crippen LogP contribution in [0, 0.1) is 10.1 Å². The van der Waals surface area contributed by atoms with Crippen molar-refractivity contribution in [1.82, 2.24) is 15.6 Å². The number of benzene rings is 1. The second-order valence-electron chi connectivity index (χ2n) is 6.06. The van der Waals surface area contributed by atoms with Gasteiger partial charge in [-0.05, 0) is 26.1 Å². The van der Waals surface area contributed by atoms with Crippen LogP contribution in [0.25, 0.3) is 0 Å². The maximum Gasteiger partial charge on any atom is 0.311 e. The van der Waals surface area contributed by atoms with Crippen molar-refractivity contribution in [3.63, 3.8) is 0 Å². The second-order valence-corrected chi connectivity index (χ2v) is 6.47. The van der Waals surface area contributed by atoms with Crippen LogP contribution in [-0.2, 0) is 4.74 Å². The van der Waals surface area contributed by atoms with Gasteiger partial charge in [-0.15, -0.1) is 0 Å². The molecule has 160 valence electrons. The molecule has 1 fully saturated rings. The van der Waals surface area contributed by atoms with Crippen LogP contribution in [0.15, 0.2) is 17.2 Å². The third-order valence-electron chi connectivity index (χ3n) is 4.07.